The van der Waals surface area contributed by atoms with E-state index in [4.69, 9.17) is 28.9 Å². The minimum absolute atomic E-state index is 0.0130. The molecule has 0 aliphatic carbocycles. The van der Waals surface area contributed by atoms with Crippen LogP contribution in [0.2, 0.25) is 10.0 Å². The van der Waals surface area contributed by atoms with Gasteiger partial charge in [-0.05, 0) is 33.2 Å². The normalized spacial score (nSPS) is 22.0. The van der Waals surface area contributed by atoms with Crippen molar-refractivity contribution in [3.05, 3.63) is 33.6 Å². The average Bonchev–Trinajstić information content (AvgIpc) is 2.68. The van der Waals surface area contributed by atoms with Gasteiger partial charge in [0.05, 0.1) is 17.1 Å². The van der Waals surface area contributed by atoms with Crippen LogP contribution in [0.5, 0.6) is 0 Å². The summed E-state index contributed by atoms with van der Waals surface area (Å²) in [5.74, 6) is -0.0407. The van der Waals surface area contributed by atoms with E-state index in [1.54, 1.807) is 0 Å². The number of aliphatic imine (C=N–C) groups is 1. The predicted molar refractivity (Wildman–Crippen MR) is 85.5 cm³/mol. The van der Waals surface area contributed by atoms with Crippen molar-refractivity contribution in [2.45, 2.75) is 12.5 Å². The molecule has 2 N–H and O–H groups in total. The maximum Gasteiger partial charge on any atom is 0.192 e. The lowest BCUT2D eigenvalue weighted by molar-refractivity contribution is 0.205. The Morgan fingerprint density at radius 1 is 1.38 bits per heavy atom. The molecule has 1 aromatic carbocycles. The Morgan fingerprint density at radius 2 is 2.05 bits per heavy atom. The van der Waals surface area contributed by atoms with Crippen LogP contribution in [0.25, 0.3) is 0 Å². The Labute approximate surface area is 134 Å². The minimum atomic E-state index is -0.567. The van der Waals surface area contributed by atoms with Crippen LogP contribution in [-0.2, 0) is 5.54 Å². The standard InChI is InChI=1S/C14H19Cl2FN4/c1-14(9-6-12(17)11(16)7-10(9)15)8-19-13(18)21(14)5-4-20(2)3/h6-7H,4-5,8H2,1-3H3,(H2,18,19). The van der Waals surface area contributed by atoms with Gasteiger partial charge in [-0.15, -0.1) is 0 Å². The van der Waals surface area contributed by atoms with Gasteiger partial charge in [0.1, 0.15) is 5.82 Å². The van der Waals surface area contributed by atoms with E-state index in [0.29, 0.717) is 29.6 Å². The quantitative estimate of drug-likeness (QED) is 0.862. The van der Waals surface area contributed by atoms with Gasteiger partial charge in [0.15, 0.2) is 5.96 Å². The number of guanidine groups is 1. The monoisotopic (exact) mass is 332 g/mol. The van der Waals surface area contributed by atoms with Gasteiger partial charge < -0.3 is 15.5 Å². The van der Waals surface area contributed by atoms with E-state index in [0.717, 1.165) is 6.54 Å². The van der Waals surface area contributed by atoms with Crippen molar-refractivity contribution in [2.75, 3.05) is 33.7 Å². The van der Waals surface area contributed by atoms with Crippen LogP contribution >= 0.6 is 23.2 Å². The highest BCUT2D eigenvalue weighted by atomic mass is 35.5. The Balaban J connectivity index is 2.38. The molecule has 0 aromatic heterocycles. The average molecular weight is 333 g/mol. The predicted octanol–water partition coefficient (Wildman–Crippen LogP) is 2.54. The molecule has 1 unspecified atom stereocenters. The second-order valence-electron chi connectivity index (χ2n) is 5.65. The first-order valence-corrected chi connectivity index (χ1v) is 7.38. The third-order valence-electron chi connectivity index (χ3n) is 3.78. The van der Waals surface area contributed by atoms with E-state index >= 15 is 0 Å². The van der Waals surface area contributed by atoms with E-state index in [2.05, 4.69) is 9.89 Å². The van der Waals surface area contributed by atoms with E-state index in [9.17, 15) is 4.39 Å². The molecule has 1 atom stereocenters. The van der Waals surface area contributed by atoms with Gasteiger partial charge in [-0.25, -0.2) is 4.39 Å². The van der Waals surface area contributed by atoms with Gasteiger partial charge in [-0.2, -0.15) is 0 Å². The van der Waals surface area contributed by atoms with Crippen LogP contribution in [-0.4, -0.2) is 49.5 Å². The summed E-state index contributed by atoms with van der Waals surface area (Å²) < 4.78 is 13.8. The summed E-state index contributed by atoms with van der Waals surface area (Å²) in [6.07, 6.45) is 0. The smallest absolute Gasteiger partial charge is 0.192 e. The van der Waals surface area contributed by atoms with Crippen LogP contribution in [0, 0.1) is 5.82 Å². The molecule has 1 heterocycles. The van der Waals surface area contributed by atoms with Crippen molar-refractivity contribution in [3.8, 4) is 0 Å². The molecule has 4 nitrogen and oxygen atoms in total. The highest BCUT2D eigenvalue weighted by Crippen LogP contribution is 2.38. The number of benzene rings is 1. The van der Waals surface area contributed by atoms with Crippen molar-refractivity contribution >= 4 is 29.2 Å². The van der Waals surface area contributed by atoms with Gasteiger partial charge in [0.2, 0.25) is 0 Å². The summed E-state index contributed by atoms with van der Waals surface area (Å²) >= 11 is 12.0. The molecule has 0 spiro atoms. The van der Waals surface area contributed by atoms with Crippen molar-refractivity contribution in [2.24, 2.45) is 10.7 Å². The maximum absolute atomic E-state index is 13.8. The highest BCUT2D eigenvalue weighted by Gasteiger charge is 2.41. The first-order chi connectivity index (χ1) is 9.75. The second-order valence-corrected chi connectivity index (χ2v) is 6.46. The third-order valence-corrected chi connectivity index (χ3v) is 4.38. The van der Waals surface area contributed by atoms with E-state index in [-0.39, 0.29) is 5.02 Å². The fourth-order valence-electron chi connectivity index (χ4n) is 2.49. The number of nitrogens with zero attached hydrogens (tertiary/aromatic N) is 3. The fourth-order valence-corrected chi connectivity index (χ4v) is 3.07. The van der Waals surface area contributed by atoms with Crippen molar-refractivity contribution in [1.29, 1.82) is 0 Å². The minimum Gasteiger partial charge on any atom is -0.370 e. The molecule has 21 heavy (non-hydrogen) atoms. The topological polar surface area (TPSA) is 44.9 Å². The number of rotatable bonds is 4. The number of likely N-dealkylation sites (N-methyl/N-ethyl adjacent to an activating group) is 1. The Kier molecular flexibility index (Phi) is 4.66. The molecule has 0 saturated carbocycles. The number of halogens is 3. The molecular formula is C14H19Cl2FN4. The highest BCUT2D eigenvalue weighted by molar-refractivity contribution is 6.35. The van der Waals surface area contributed by atoms with Crippen molar-refractivity contribution < 1.29 is 4.39 Å². The van der Waals surface area contributed by atoms with Crippen LogP contribution in [0.15, 0.2) is 17.1 Å². The molecule has 1 aromatic rings. The molecular weight excluding hydrogens is 314 g/mol. The zero-order valence-electron chi connectivity index (χ0n) is 12.3. The number of hydrogen-bond donors (Lipinski definition) is 1. The second kappa shape index (κ2) is 5.99. The maximum atomic E-state index is 13.8. The SMILES string of the molecule is CN(C)CCN1C(N)=NCC1(C)c1cc(F)c(Cl)cc1Cl. The van der Waals surface area contributed by atoms with Crippen molar-refractivity contribution in [3.63, 3.8) is 0 Å². The molecule has 0 bridgehead atoms. The lowest BCUT2D eigenvalue weighted by Crippen LogP contribution is -2.50. The summed E-state index contributed by atoms with van der Waals surface area (Å²) in [6, 6.07) is 2.80. The molecule has 1 aliphatic rings. The Morgan fingerprint density at radius 3 is 2.67 bits per heavy atom. The molecule has 0 amide bonds. The molecule has 116 valence electrons. The summed E-state index contributed by atoms with van der Waals surface area (Å²) in [7, 11) is 3.96. The Hall–Kier alpha value is -1.04. The zero-order chi connectivity index (χ0) is 15.8. The van der Waals surface area contributed by atoms with Crippen LogP contribution in [0.1, 0.15) is 12.5 Å². The summed E-state index contributed by atoms with van der Waals surface area (Å²) in [6.45, 7) is 3.88. The largest absolute Gasteiger partial charge is 0.370 e. The number of hydrogen-bond acceptors (Lipinski definition) is 4. The van der Waals surface area contributed by atoms with Gasteiger partial charge in [-0.1, -0.05) is 23.2 Å². The first-order valence-electron chi connectivity index (χ1n) is 6.63. The molecule has 0 radical (unpaired) electrons. The molecule has 1 aliphatic heterocycles. The van der Waals surface area contributed by atoms with Gasteiger partial charge in [-0.3, -0.25) is 4.99 Å². The van der Waals surface area contributed by atoms with E-state index in [1.807, 2.05) is 25.9 Å². The fraction of sp³-hybridized carbons (Fsp3) is 0.500. The van der Waals surface area contributed by atoms with E-state index in [1.165, 1.54) is 12.1 Å². The lowest BCUT2D eigenvalue weighted by atomic mass is 9.90. The molecule has 0 saturated heterocycles. The van der Waals surface area contributed by atoms with Gasteiger partial charge in [0.25, 0.3) is 0 Å². The summed E-state index contributed by atoms with van der Waals surface area (Å²) in [5.41, 5.74) is 6.07. The summed E-state index contributed by atoms with van der Waals surface area (Å²) in [5, 5.41) is 0.433. The molecule has 0 fully saturated rings. The van der Waals surface area contributed by atoms with Crippen LogP contribution in [0.3, 0.4) is 0 Å². The van der Waals surface area contributed by atoms with E-state index < -0.39 is 11.4 Å². The molecule has 2 rings (SSSR count). The van der Waals surface area contributed by atoms with Gasteiger partial charge >= 0.3 is 0 Å². The van der Waals surface area contributed by atoms with Crippen LogP contribution < -0.4 is 5.73 Å². The zero-order valence-corrected chi connectivity index (χ0v) is 13.8. The Bertz CT molecular complexity index is 576. The van der Waals surface area contributed by atoms with Crippen LogP contribution in [0.4, 0.5) is 4.39 Å². The summed E-state index contributed by atoms with van der Waals surface area (Å²) in [4.78, 5) is 8.32. The van der Waals surface area contributed by atoms with Gasteiger partial charge in [0, 0.05) is 23.7 Å². The molecule has 7 heteroatoms. The number of nitrogens with two attached hydrogens (primary N) is 1. The van der Waals surface area contributed by atoms with Crippen molar-refractivity contribution in [1.82, 2.24) is 9.80 Å². The first kappa shape index (κ1) is 16.3. The third kappa shape index (κ3) is 3.10. The lowest BCUT2D eigenvalue weighted by Gasteiger charge is -2.37.